The second-order valence-electron chi connectivity index (χ2n) is 6.66. The number of benzene rings is 1. The van der Waals surface area contributed by atoms with Crippen LogP contribution < -0.4 is 5.32 Å². The van der Waals surface area contributed by atoms with Gasteiger partial charge in [-0.1, -0.05) is 43.0 Å². The van der Waals surface area contributed by atoms with Gasteiger partial charge in [0.1, 0.15) is 0 Å². The third-order valence-corrected chi connectivity index (χ3v) is 7.85. The van der Waals surface area contributed by atoms with E-state index in [0.29, 0.717) is 24.7 Å². The molecule has 1 heterocycles. The predicted octanol–water partition coefficient (Wildman–Crippen LogP) is 2.98. The summed E-state index contributed by atoms with van der Waals surface area (Å²) in [4.78, 5) is 13.7. The average molecular weight is 371 g/mol. The van der Waals surface area contributed by atoms with Gasteiger partial charge in [-0.05, 0) is 30.5 Å². The van der Waals surface area contributed by atoms with Crippen LogP contribution in [-0.2, 0) is 16.4 Å². The van der Waals surface area contributed by atoms with E-state index < -0.39 is 9.84 Å². The van der Waals surface area contributed by atoms with E-state index in [-0.39, 0.29) is 16.5 Å². The number of amides is 2. The van der Waals surface area contributed by atoms with Crippen LogP contribution in [0.5, 0.6) is 0 Å². The summed E-state index contributed by atoms with van der Waals surface area (Å²) < 4.78 is 25.2. The number of carbonyl (C=O) groups is 1. The Labute approximate surface area is 148 Å². The quantitative estimate of drug-likeness (QED) is 0.885. The fraction of sp³-hybridized carbons (Fsp3) is 0.588. The van der Waals surface area contributed by atoms with E-state index in [1.165, 1.54) is 0 Å². The minimum Gasteiger partial charge on any atom is -0.334 e. The van der Waals surface area contributed by atoms with Gasteiger partial charge >= 0.3 is 6.03 Å². The van der Waals surface area contributed by atoms with Crippen molar-refractivity contribution in [3.8, 4) is 0 Å². The Balaban J connectivity index is 1.47. The molecule has 1 aromatic carbocycles. The second kappa shape index (κ2) is 7.31. The number of likely N-dealkylation sites (tertiary alicyclic amines) is 1. The molecule has 2 fully saturated rings. The van der Waals surface area contributed by atoms with Crippen LogP contribution >= 0.6 is 11.6 Å². The van der Waals surface area contributed by atoms with Crippen LogP contribution in [0.1, 0.15) is 37.7 Å². The lowest BCUT2D eigenvalue weighted by Gasteiger charge is -2.40. The molecule has 0 radical (unpaired) electrons. The van der Waals surface area contributed by atoms with E-state index in [4.69, 9.17) is 11.6 Å². The molecule has 1 aromatic rings. The number of hydrogen-bond acceptors (Lipinski definition) is 3. The maximum Gasteiger partial charge on any atom is 0.317 e. The van der Waals surface area contributed by atoms with Crippen LogP contribution in [0.3, 0.4) is 0 Å². The Morgan fingerprint density at radius 3 is 2.33 bits per heavy atom. The first-order valence-corrected chi connectivity index (χ1v) is 10.5. The highest BCUT2D eigenvalue weighted by Gasteiger charge is 2.43. The summed E-state index contributed by atoms with van der Waals surface area (Å²) in [5.74, 6) is 0. The zero-order valence-electron chi connectivity index (χ0n) is 13.6. The molecular formula is C17H23ClN2O3S. The lowest BCUT2D eigenvalue weighted by Crippen LogP contribution is -2.60. The molecule has 5 nitrogen and oxygen atoms in total. The number of urea groups is 1. The highest BCUT2D eigenvalue weighted by molar-refractivity contribution is 7.92. The van der Waals surface area contributed by atoms with Crippen LogP contribution in [-0.4, -0.2) is 42.9 Å². The van der Waals surface area contributed by atoms with E-state index >= 15 is 0 Å². The molecule has 0 aromatic heterocycles. The molecule has 1 N–H and O–H groups in total. The Kier molecular flexibility index (Phi) is 5.35. The molecule has 7 heteroatoms. The Hall–Kier alpha value is -1.27. The molecule has 0 spiro atoms. The Morgan fingerprint density at radius 1 is 1.08 bits per heavy atom. The van der Waals surface area contributed by atoms with Crippen molar-refractivity contribution < 1.29 is 13.2 Å². The van der Waals surface area contributed by atoms with Gasteiger partial charge in [-0.25, -0.2) is 13.2 Å². The largest absolute Gasteiger partial charge is 0.334 e. The fourth-order valence-corrected chi connectivity index (χ4v) is 5.81. The van der Waals surface area contributed by atoms with Crippen LogP contribution in [0.15, 0.2) is 24.3 Å². The van der Waals surface area contributed by atoms with Crippen molar-refractivity contribution in [3.63, 3.8) is 0 Å². The summed E-state index contributed by atoms with van der Waals surface area (Å²) in [5.41, 5.74) is 0.958. The van der Waals surface area contributed by atoms with Crippen LogP contribution in [0.4, 0.5) is 4.79 Å². The predicted molar refractivity (Wildman–Crippen MR) is 94.8 cm³/mol. The molecule has 1 saturated heterocycles. The topological polar surface area (TPSA) is 66.5 Å². The van der Waals surface area contributed by atoms with E-state index in [0.717, 1.165) is 37.7 Å². The monoisotopic (exact) mass is 370 g/mol. The summed E-state index contributed by atoms with van der Waals surface area (Å²) in [5, 5.41) is 2.89. The Morgan fingerprint density at radius 2 is 1.71 bits per heavy atom. The molecule has 1 aliphatic carbocycles. The van der Waals surface area contributed by atoms with Gasteiger partial charge < -0.3 is 10.2 Å². The van der Waals surface area contributed by atoms with Crippen molar-refractivity contribution in [2.24, 2.45) is 0 Å². The summed E-state index contributed by atoms with van der Waals surface area (Å²) in [6.45, 7) is 1.03. The summed E-state index contributed by atoms with van der Waals surface area (Å²) >= 11 is 5.83. The first-order chi connectivity index (χ1) is 11.5. The minimum absolute atomic E-state index is 0.199. The van der Waals surface area contributed by atoms with Gasteiger partial charge in [-0.15, -0.1) is 0 Å². The van der Waals surface area contributed by atoms with Crippen molar-refractivity contribution in [2.45, 2.75) is 49.1 Å². The van der Waals surface area contributed by atoms with Crippen molar-refractivity contribution >= 4 is 27.5 Å². The van der Waals surface area contributed by atoms with Crippen molar-refractivity contribution in [2.75, 3.05) is 13.1 Å². The smallest absolute Gasteiger partial charge is 0.317 e. The van der Waals surface area contributed by atoms with E-state index in [9.17, 15) is 13.2 Å². The van der Waals surface area contributed by atoms with E-state index in [1.54, 1.807) is 17.0 Å². The second-order valence-corrected chi connectivity index (χ2v) is 9.61. The number of nitrogens with one attached hydrogen (secondary N) is 1. The SMILES string of the molecule is O=C(NCc1ccc(Cl)cc1)N1CC(S(=O)(=O)C2CCCCC2)C1. The minimum atomic E-state index is -3.10. The van der Waals surface area contributed by atoms with Crippen LogP contribution in [0, 0.1) is 0 Å². The molecule has 0 unspecified atom stereocenters. The van der Waals surface area contributed by atoms with Gasteiger partial charge in [0, 0.05) is 24.7 Å². The number of nitrogens with zero attached hydrogens (tertiary/aromatic N) is 1. The summed E-state index contributed by atoms with van der Waals surface area (Å²) in [7, 11) is -3.10. The molecule has 0 atom stereocenters. The molecule has 1 saturated carbocycles. The van der Waals surface area contributed by atoms with Gasteiger partial charge in [-0.2, -0.15) is 0 Å². The van der Waals surface area contributed by atoms with E-state index in [2.05, 4.69) is 5.32 Å². The third-order valence-electron chi connectivity index (χ3n) is 4.97. The van der Waals surface area contributed by atoms with Crippen LogP contribution in [0.25, 0.3) is 0 Å². The maximum atomic E-state index is 12.6. The summed E-state index contributed by atoms with van der Waals surface area (Å²) in [6, 6.07) is 7.06. The molecule has 2 aliphatic rings. The van der Waals surface area contributed by atoms with Crippen LogP contribution in [0.2, 0.25) is 5.02 Å². The third kappa shape index (κ3) is 3.86. The lowest BCUT2D eigenvalue weighted by atomic mass is 10.0. The Bertz CT molecular complexity index is 678. The molecule has 0 bridgehead atoms. The normalized spacial score (nSPS) is 19.8. The zero-order chi connectivity index (χ0) is 17.2. The van der Waals surface area contributed by atoms with Gasteiger partial charge in [0.15, 0.2) is 9.84 Å². The number of carbonyl (C=O) groups excluding carboxylic acids is 1. The maximum absolute atomic E-state index is 12.6. The van der Waals surface area contributed by atoms with Gasteiger partial charge in [0.25, 0.3) is 0 Å². The fourth-order valence-electron chi connectivity index (χ4n) is 3.37. The summed E-state index contributed by atoms with van der Waals surface area (Å²) in [6.07, 6.45) is 4.70. The van der Waals surface area contributed by atoms with Crippen molar-refractivity contribution in [1.29, 1.82) is 0 Å². The number of hydrogen-bond donors (Lipinski definition) is 1. The van der Waals surface area contributed by atoms with Crippen molar-refractivity contribution in [3.05, 3.63) is 34.9 Å². The highest BCUT2D eigenvalue weighted by atomic mass is 35.5. The van der Waals surface area contributed by atoms with Gasteiger partial charge in [-0.3, -0.25) is 0 Å². The molecule has 3 rings (SSSR count). The first kappa shape index (κ1) is 17.5. The number of halogens is 1. The highest BCUT2D eigenvalue weighted by Crippen LogP contribution is 2.29. The average Bonchev–Trinajstić information content (AvgIpc) is 2.53. The van der Waals surface area contributed by atoms with Crippen molar-refractivity contribution in [1.82, 2.24) is 10.2 Å². The zero-order valence-corrected chi connectivity index (χ0v) is 15.2. The molecule has 2 amide bonds. The lowest BCUT2D eigenvalue weighted by molar-refractivity contribution is 0.168. The molecule has 1 aliphatic heterocycles. The number of sulfone groups is 1. The molecular weight excluding hydrogens is 348 g/mol. The first-order valence-electron chi connectivity index (χ1n) is 8.47. The van der Waals surface area contributed by atoms with Gasteiger partial charge in [0.2, 0.25) is 0 Å². The van der Waals surface area contributed by atoms with E-state index in [1.807, 2.05) is 12.1 Å². The standard InChI is InChI=1S/C17H23ClN2O3S/c18-14-8-6-13(7-9-14)10-19-17(21)20-11-16(12-20)24(22,23)15-4-2-1-3-5-15/h6-9,15-16H,1-5,10-12H2,(H,19,21). The van der Waals surface area contributed by atoms with Gasteiger partial charge in [0.05, 0.1) is 10.5 Å². The molecule has 24 heavy (non-hydrogen) atoms. The number of rotatable bonds is 4. The molecule has 132 valence electrons.